The number of rotatable bonds is 6. The molecule has 2 aromatic rings. The molecule has 11 heteroatoms. The molecule has 24 heavy (non-hydrogen) atoms. The molecular weight excluding hydrogens is 354 g/mol. The molecule has 0 unspecified atom stereocenters. The molecule has 0 aliphatic rings. The molecule has 1 heterocycles. The number of benzene rings is 1. The Balaban J connectivity index is 2.17. The molecule has 1 N–H and O–H groups in total. The lowest BCUT2D eigenvalue weighted by molar-refractivity contribution is -0.159. The molecule has 0 aliphatic heterocycles. The zero-order valence-electron chi connectivity index (χ0n) is 12.4. The van der Waals surface area contributed by atoms with Crippen LogP contribution in [-0.2, 0) is 22.7 Å². The van der Waals surface area contributed by atoms with Crippen LogP contribution in [0.3, 0.4) is 0 Å². The second-order valence-electron chi connectivity index (χ2n) is 4.88. The third kappa shape index (κ3) is 4.51. The minimum atomic E-state index is -4.82. The van der Waals surface area contributed by atoms with E-state index < -0.39 is 33.7 Å². The number of nitrogens with one attached hydrogen (secondary N) is 1. The lowest BCUT2D eigenvalue weighted by atomic mass is 10.1. The Morgan fingerprint density at radius 3 is 2.54 bits per heavy atom. The number of nitrogens with zero attached hydrogens (tertiary/aromatic N) is 2. The predicted molar refractivity (Wildman–Crippen MR) is 75.6 cm³/mol. The molecule has 0 spiro atoms. The molecule has 0 saturated carbocycles. The minimum absolute atomic E-state index is 0.0589. The molecule has 0 aliphatic carbocycles. The predicted octanol–water partition coefficient (Wildman–Crippen LogP) is 2.72. The summed E-state index contributed by atoms with van der Waals surface area (Å²) in [5.41, 5.74) is 0.0184. The maximum absolute atomic E-state index is 14.0. The molecule has 0 fully saturated rings. The van der Waals surface area contributed by atoms with Gasteiger partial charge in [-0.1, -0.05) is 18.1 Å². The molecule has 132 valence electrons. The highest BCUT2D eigenvalue weighted by molar-refractivity contribution is 7.89. The summed E-state index contributed by atoms with van der Waals surface area (Å²) in [7, 11) is -3.46. The molecule has 0 radical (unpaired) electrons. The fourth-order valence-corrected chi connectivity index (χ4v) is 2.90. The van der Waals surface area contributed by atoms with Gasteiger partial charge in [0.25, 0.3) is 0 Å². The minimum Gasteiger partial charge on any atom is -0.329 e. The summed E-state index contributed by atoms with van der Waals surface area (Å²) in [5, 5.41) is 3.10. The average Bonchev–Trinajstić information content (AvgIpc) is 2.95. The smallest absolute Gasteiger partial charge is 0.329 e. The SMILES string of the molecule is CCCS(=O)(=O)NCc1ccc(-c2noc(C(F)(F)F)n2)c(F)c1. The summed E-state index contributed by atoms with van der Waals surface area (Å²) in [6, 6.07) is 3.51. The standard InChI is InChI=1S/C13H13F4N3O3S/c1-2-5-24(21,22)18-7-8-3-4-9(10(14)6-8)11-19-12(23-20-11)13(15,16)17/h3-4,6,18H,2,5,7H2,1H3. The number of aromatic nitrogens is 2. The van der Waals surface area contributed by atoms with Crippen LogP contribution in [-0.4, -0.2) is 24.3 Å². The molecule has 6 nitrogen and oxygen atoms in total. The zero-order chi connectivity index (χ0) is 18.0. The maximum Gasteiger partial charge on any atom is 0.471 e. The number of hydrogen-bond acceptors (Lipinski definition) is 5. The van der Waals surface area contributed by atoms with Gasteiger partial charge in [0.1, 0.15) is 5.82 Å². The van der Waals surface area contributed by atoms with E-state index in [1.807, 2.05) is 0 Å². The lowest BCUT2D eigenvalue weighted by Crippen LogP contribution is -2.25. The number of hydrogen-bond donors (Lipinski definition) is 1. The number of alkyl halides is 3. The monoisotopic (exact) mass is 367 g/mol. The molecular formula is C13H13F4N3O3S. The van der Waals surface area contributed by atoms with Crippen molar-refractivity contribution in [3.05, 3.63) is 35.5 Å². The van der Waals surface area contributed by atoms with Gasteiger partial charge < -0.3 is 4.52 Å². The Morgan fingerprint density at radius 1 is 1.29 bits per heavy atom. The van der Waals surface area contributed by atoms with E-state index >= 15 is 0 Å². The van der Waals surface area contributed by atoms with Crippen LogP contribution in [0.15, 0.2) is 22.7 Å². The van der Waals surface area contributed by atoms with E-state index in [0.717, 1.165) is 12.1 Å². The highest BCUT2D eigenvalue weighted by Gasteiger charge is 2.38. The molecule has 0 saturated heterocycles. The first-order chi connectivity index (χ1) is 11.1. The van der Waals surface area contributed by atoms with Crippen LogP contribution < -0.4 is 4.72 Å². The molecule has 1 aromatic carbocycles. The van der Waals surface area contributed by atoms with E-state index in [9.17, 15) is 26.0 Å². The Bertz CT molecular complexity index is 818. The Hall–Kier alpha value is -2.01. The van der Waals surface area contributed by atoms with Crippen LogP contribution in [0.1, 0.15) is 24.8 Å². The molecule has 0 bridgehead atoms. The third-order valence-corrected chi connectivity index (χ3v) is 4.44. The topological polar surface area (TPSA) is 85.1 Å². The third-order valence-electron chi connectivity index (χ3n) is 2.91. The summed E-state index contributed by atoms with van der Waals surface area (Å²) in [5.74, 6) is -3.07. The average molecular weight is 367 g/mol. The van der Waals surface area contributed by atoms with Gasteiger partial charge in [0.15, 0.2) is 0 Å². The van der Waals surface area contributed by atoms with Crippen molar-refractivity contribution >= 4 is 10.0 Å². The van der Waals surface area contributed by atoms with Gasteiger partial charge in [-0.05, 0) is 24.1 Å². The number of halogens is 4. The summed E-state index contributed by atoms with van der Waals surface area (Å²) in [6.07, 6.45) is -4.39. The summed E-state index contributed by atoms with van der Waals surface area (Å²) in [6.45, 7) is 1.56. The van der Waals surface area contributed by atoms with Crippen molar-refractivity contribution in [2.45, 2.75) is 26.1 Å². The van der Waals surface area contributed by atoms with Gasteiger partial charge in [-0.3, -0.25) is 0 Å². The Kier molecular flexibility index (Phi) is 5.23. The normalized spacial score (nSPS) is 12.5. The van der Waals surface area contributed by atoms with Gasteiger partial charge in [-0.15, -0.1) is 0 Å². The largest absolute Gasteiger partial charge is 0.471 e. The zero-order valence-corrected chi connectivity index (χ0v) is 13.2. The summed E-state index contributed by atoms with van der Waals surface area (Å²) in [4.78, 5) is 3.10. The first-order valence-electron chi connectivity index (χ1n) is 6.79. The van der Waals surface area contributed by atoms with Crippen molar-refractivity contribution in [3.8, 4) is 11.4 Å². The highest BCUT2D eigenvalue weighted by atomic mass is 32.2. The van der Waals surface area contributed by atoms with E-state index in [-0.39, 0.29) is 17.9 Å². The molecule has 0 atom stereocenters. The van der Waals surface area contributed by atoms with Gasteiger partial charge in [0, 0.05) is 6.54 Å². The van der Waals surface area contributed by atoms with Crippen LogP contribution in [0.4, 0.5) is 17.6 Å². The van der Waals surface area contributed by atoms with E-state index in [4.69, 9.17) is 0 Å². The van der Waals surface area contributed by atoms with Crippen LogP contribution in [0.5, 0.6) is 0 Å². The molecule has 2 rings (SSSR count). The second-order valence-corrected chi connectivity index (χ2v) is 6.80. The number of sulfonamides is 1. The Morgan fingerprint density at radius 2 is 2.00 bits per heavy atom. The van der Waals surface area contributed by atoms with E-state index in [1.165, 1.54) is 6.07 Å². The van der Waals surface area contributed by atoms with Crippen molar-refractivity contribution in [2.75, 3.05) is 5.75 Å². The van der Waals surface area contributed by atoms with Gasteiger partial charge in [0.2, 0.25) is 15.8 Å². The van der Waals surface area contributed by atoms with E-state index in [2.05, 4.69) is 19.4 Å². The summed E-state index contributed by atoms with van der Waals surface area (Å²) < 4.78 is 80.6. The van der Waals surface area contributed by atoms with Gasteiger partial charge in [-0.2, -0.15) is 18.2 Å². The van der Waals surface area contributed by atoms with Gasteiger partial charge >= 0.3 is 12.1 Å². The molecule has 1 aromatic heterocycles. The van der Waals surface area contributed by atoms with Crippen molar-refractivity contribution in [1.82, 2.24) is 14.9 Å². The van der Waals surface area contributed by atoms with Crippen LogP contribution in [0.2, 0.25) is 0 Å². The van der Waals surface area contributed by atoms with Crippen molar-refractivity contribution in [3.63, 3.8) is 0 Å². The van der Waals surface area contributed by atoms with Crippen molar-refractivity contribution in [2.24, 2.45) is 0 Å². The Labute approximate surface area is 134 Å². The molecule has 0 amide bonds. The highest BCUT2D eigenvalue weighted by Crippen LogP contribution is 2.30. The first kappa shape index (κ1) is 18.3. The maximum atomic E-state index is 14.0. The van der Waals surface area contributed by atoms with Crippen LogP contribution in [0.25, 0.3) is 11.4 Å². The van der Waals surface area contributed by atoms with Crippen LogP contribution >= 0.6 is 0 Å². The van der Waals surface area contributed by atoms with Crippen molar-refractivity contribution in [1.29, 1.82) is 0 Å². The summed E-state index contributed by atoms with van der Waals surface area (Å²) >= 11 is 0. The quantitative estimate of drug-likeness (QED) is 0.794. The second kappa shape index (κ2) is 6.85. The van der Waals surface area contributed by atoms with E-state index in [1.54, 1.807) is 6.92 Å². The first-order valence-corrected chi connectivity index (χ1v) is 8.44. The fraction of sp³-hybridized carbons (Fsp3) is 0.385. The van der Waals surface area contributed by atoms with Gasteiger partial charge in [-0.25, -0.2) is 17.5 Å². The van der Waals surface area contributed by atoms with E-state index in [0.29, 0.717) is 12.0 Å². The lowest BCUT2D eigenvalue weighted by Gasteiger charge is -2.06. The van der Waals surface area contributed by atoms with Crippen LogP contribution in [0, 0.1) is 5.82 Å². The van der Waals surface area contributed by atoms with Gasteiger partial charge in [0.05, 0.1) is 11.3 Å². The van der Waals surface area contributed by atoms with Crippen molar-refractivity contribution < 1.29 is 30.5 Å². The fourth-order valence-electron chi connectivity index (χ4n) is 1.83.